The van der Waals surface area contributed by atoms with Crippen LogP contribution in [0, 0.1) is 0 Å². The van der Waals surface area contributed by atoms with Crippen LogP contribution in [-0.4, -0.2) is 22.2 Å². The van der Waals surface area contributed by atoms with Gasteiger partial charge in [0.15, 0.2) is 5.11 Å². The number of furan rings is 1. The summed E-state index contributed by atoms with van der Waals surface area (Å²) in [5.74, 6) is 1.31. The number of rotatable bonds is 6. The second-order valence-electron chi connectivity index (χ2n) is 6.72. The Morgan fingerprint density at radius 2 is 1.90 bits per heavy atom. The minimum Gasteiger partial charge on any atom is -0.491 e. The van der Waals surface area contributed by atoms with Gasteiger partial charge in [-0.2, -0.15) is 0 Å². The molecule has 0 bridgehead atoms. The molecular weight excluding hydrogens is 424 g/mol. The fourth-order valence-corrected chi connectivity index (χ4v) is 3.12. The van der Waals surface area contributed by atoms with Gasteiger partial charge in [-0.3, -0.25) is 10.1 Å². The Morgan fingerprint density at radius 3 is 2.53 bits per heavy atom. The van der Waals surface area contributed by atoms with Crippen molar-refractivity contribution in [3.05, 3.63) is 70.9 Å². The van der Waals surface area contributed by atoms with Gasteiger partial charge in [-0.05, 0) is 80.7 Å². The molecule has 0 spiro atoms. The van der Waals surface area contributed by atoms with Gasteiger partial charge in [-0.25, -0.2) is 0 Å². The van der Waals surface area contributed by atoms with E-state index in [4.69, 9.17) is 38.1 Å². The lowest BCUT2D eigenvalue weighted by Crippen LogP contribution is -2.34. The first-order valence-corrected chi connectivity index (χ1v) is 10.0. The van der Waals surface area contributed by atoms with Crippen molar-refractivity contribution in [3.8, 4) is 17.1 Å². The van der Waals surface area contributed by atoms with Crippen molar-refractivity contribution in [2.75, 3.05) is 5.32 Å². The lowest BCUT2D eigenvalue weighted by molar-refractivity contribution is 0.0977. The predicted molar refractivity (Wildman–Crippen MR) is 121 cm³/mol. The monoisotopic (exact) mass is 444 g/mol. The van der Waals surface area contributed by atoms with Crippen LogP contribution in [0.15, 0.2) is 59.0 Å². The van der Waals surface area contributed by atoms with Gasteiger partial charge in [-0.1, -0.05) is 11.6 Å². The summed E-state index contributed by atoms with van der Waals surface area (Å²) in [7, 11) is 0. The Balaban J connectivity index is 1.65. The van der Waals surface area contributed by atoms with Gasteiger partial charge in [0.1, 0.15) is 23.9 Å². The third kappa shape index (κ3) is 5.60. The van der Waals surface area contributed by atoms with Gasteiger partial charge in [0, 0.05) is 16.8 Å². The van der Waals surface area contributed by atoms with Crippen LogP contribution in [0.5, 0.6) is 5.75 Å². The smallest absolute Gasteiger partial charge is 0.257 e. The Morgan fingerprint density at radius 1 is 1.17 bits per heavy atom. The maximum atomic E-state index is 12.4. The van der Waals surface area contributed by atoms with Gasteiger partial charge >= 0.3 is 0 Å². The van der Waals surface area contributed by atoms with Crippen LogP contribution in [0.2, 0.25) is 5.02 Å². The van der Waals surface area contributed by atoms with Crippen LogP contribution >= 0.6 is 23.8 Å². The van der Waals surface area contributed by atoms with Gasteiger partial charge in [0.25, 0.3) is 5.91 Å². The first-order valence-electron chi connectivity index (χ1n) is 9.24. The van der Waals surface area contributed by atoms with Gasteiger partial charge < -0.3 is 19.6 Å². The van der Waals surface area contributed by atoms with Crippen LogP contribution in [0.25, 0.3) is 11.3 Å². The molecule has 3 N–H and O–H groups in total. The molecular formula is C22H21ClN2O4S. The van der Waals surface area contributed by atoms with Crippen molar-refractivity contribution in [2.45, 2.75) is 26.6 Å². The summed E-state index contributed by atoms with van der Waals surface area (Å²) < 4.78 is 11.1. The largest absolute Gasteiger partial charge is 0.491 e. The normalized spacial score (nSPS) is 10.7. The van der Waals surface area contributed by atoms with E-state index in [2.05, 4.69) is 10.6 Å². The molecule has 0 radical (unpaired) electrons. The summed E-state index contributed by atoms with van der Waals surface area (Å²) in [4.78, 5) is 12.4. The SMILES string of the molecule is CC(C)Oc1ccc(C(=O)NC(=S)Nc2ccc(Cl)c(-c3ccc(CO)o3)c2)cc1. The number of halogens is 1. The summed E-state index contributed by atoms with van der Waals surface area (Å²) in [5.41, 5.74) is 1.72. The number of carbonyl (C=O) groups excluding carboxylic acids is 1. The van der Waals surface area contributed by atoms with Crippen molar-refractivity contribution in [2.24, 2.45) is 0 Å². The number of aliphatic hydroxyl groups excluding tert-OH is 1. The van der Waals surface area contributed by atoms with E-state index < -0.39 is 0 Å². The van der Waals surface area contributed by atoms with E-state index in [-0.39, 0.29) is 23.7 Å². The molecule has 0 aliphatic heterocycles. The Bertz CT molecular complexity index is 1050. The molecule has 1 amide bonds. The molecule has 8 heteroatoms. The van der Waals surface area contributed by atoms with E-state index >= 15 is 0 Å². The number of benzene rings is 2. The zero-order valence-corrected chi connectivity index (χ0v) is 18.0. The lowest BCUT2D eigenvalue weighted by atomic mass is 10.1. The molecule has 2 aromatic carbocycles. The average Bonchev–Trinajstić information content (AvgIpc) is 3.18. The average molecular weight is 445 g/mol. The van der Waals surface area contributed by atoms with Crippen LogP contribution in [0.4, 0.5) is 5.69 Å². The molecule has 1 aromatic heterocycles. The fraction of sp³-hybridized carbons (Fsp3) is 0.182. The zero-order valence-electron chi connectivity index (χ0n) is 16.4. The molecule has 1 heterocycles. The summed E-state index contributed by atoms with van der Waals surface area (Å²) in [5, 5.41) is 15.4. The number of amides is 1. The molecule has 30 heavy (non-hydrogen) atoms. The second kappa shape index (κ2) is 9.75. The van der Waals surface area contributed by atoms with Crippen molar-refractivity contribution >= 4 is 40.5 Å². The summed E-state index contributed by atoms with van der Waals surface area (Å²) in [6, 6.07) is 15.4. The minimum absolute atomic E-state index is 0.0575. The van der Waals surface area contributed by atoms with Gasteiger partial charge in [0.05, 0.1) is 11.1 Å². The Kier molecular flexibility index (Phi) is 7.10. The maximum Gasteiger partial charge on any atom is 0.257 e. The van der Waals surface area contributed by atoms with E-state index in [1.54, 1.807) is 54.6 Å². The topological polar surface area (TPSA) is 83.7 Å². The number of thiocarbonyl (C=S) groups is 1. The third-order valence-corrected chi connectivity index (χ3v) is 4.56. The van der Waals surface area contributed by atoms with Crippen LogP contribution in [-0.2, 0) is 6.61 Å². The standard InChI is InChI=1S/C22H21ClN2O4S/c1-13(2)28-16-6-3-14(4-7-16)21(27)25-22(30)24-15-5-9-19(23)18(11-15)20-10-8-17(12-26)29-20/h3-11,13,26H,12H2,1-2H3,(H2,24,25,27,30). The molecule has 156 valence electrons. The highest BCUT2D eigenvalue weighted by Crippen LogP contribution is 2.32. The molecule has 0 unspecified atom stereocenters. The first-order chi connectivity index (χ1) is 14.4. The molecule has 0 saturated carbocycles. The Hall–Kier alpha value is -2.87. The van der Waals surface area contributed by atoms with Crippen LogP contribution in [0.1, 0.15) is 30.0 Å². The number of hydrogen-bond acceptors (Lipinski definition) is 5. The third-order valence-electron chi connectivity index (χ3n) is 4.02. The molecule has 6 nitrogen and oxygen atoms in total. The minimum atomic E-state index is -0.337. The molecule has 0 saturated heterocycles. The summed E-state index contributed by atoms with van der Waals surface area (Å²) >= 11 is 11.5. The van der Waals surface area contributed by atoms with Gasteiger partial charge in [0.2, 0.25) is 0 Å². The van der Waals surface area contributed by atoms with Gasteiger partial charge in [-0.15, -0.1) is 0 Å². The number of hydrogen-bond donors (Lipinski definition) is 3. The first kappa shape index (κ1) is 21.8. The maximum absolute atomic E-state index is 12.4. The molecule has 3 aromatic rings. The zero-order chi connectivity index (χ0) is 21.7. The molecule has 0 fully saturated rings. The number of carbonyl (C=O) groups is 1. The van der Waals surface area contributed by atoms with Crippen LogP contribution < -0.4 is 15.4 Å². The predicted octanol–water partition coefficient (Wildman–Crippen LogP) is 5.01. The number of anilines is 1. The van der Waals surface area contributed by atoms with Crippen LogP contribution in [0.3, 0.4) is 0 Å². The lowest BCUT2D eigenvalue weighted by Gasteiger charge is -2.12. The number of ether oxygens (including phenoxy) is 1. The van der Waals surface area contributed by atoms with E-state index in [1.807, 2.05) is 13.8 Å². The van der Waals surface area contributed by atoms with E-state index in [1.165, 1.54) is 0 Å². The highest BCUT2D eigenvalue weighted by Gasteiger charge is 2.12. The Labute approximate surface area is 184 Å². The molecule has 0 atom stereocenters. The van der Waals surface area contributed by atoms with Crippen molar-refractivity contribution in [1.29, 1.82) is 0 Å². The van der Waals surface area contributed by atoms with E-state index in [0.29, 0.717) is 39.1 Å². The second-order valence-corrected chi connectivity index (χ2v) is 7.53. The highest BCUT2D eigenvalue weighted by atomic mass is 35.5. The fourth-order valence-electron chi connectivity index (χ4n) is 2.69. The highest BCUT2D eigenvalue weighted by molar-refractivity contribution is 7.80. The summed E-state index contributed by atoms with van der Waals surface area (Å²) in [6.45, 7) is 3.67. The van der Waals surface area contributed by atoms with Crippen molar-refractivity contribution in [3.63, 3.8) is 0 Å². The number of nitrogens with one attached hydrogen (secondary N) is 2. The quantitative estimate of drug-likeness (QED) is 0.464. The van der Waals surface area contributed by atoms with E-state index in [0.717, 1.165) is 0 Å². The molecule has 0 aliphatic carbocycles. The summed E-state index contributed by atoms with van der Waals surface area (Å²) in [6.07, 6.45) is 0.0575. The number of aliphatic hydroxyl groups is 1. The van der Waals surface area contributed by atoms with Crippen molar-refractivity contribution in [1.82, 2.24) is 5.32 Å². The molecule has 0 aliphatic rings. The molecule has 3 rings (SSSR count). The van der Waals surface area contributed by atoms with Crippen molar-refractivity contribution < 1.29 is 19.1 Å². The van der Waals surface area contributed by atoms with E-state index in [9.17, 15) is 4.79 Å².